The van der Waals surface area contributed by atoms with Gasteiger partial charge in [-0.15, -0.1) is 11.8 Å². The van der Waals surface area contributed by atoms with Crippen LogP contribution in [0.15, 0.2) is 71.6 Å². The van der Waals surface area contributed by atoms with Crippen LogP contribution in [0, 0.1) is 0 Å². The van der Waals surface area contributed by atoms with E-state index >= 15 is 0 Å². The molecule has 3 rings (SSSR count). The third-order valence-corrected chi connectivity index (χ3v) is 5.99. The number of nitrogens with zero attached hydrogens (tertiary/aromatic N) is 1. The van der Waals surface area contributed by atoms with E-state index in [0.29, 0.717) is 23.6 Å². The Balaban J connectivity index is 1.63. The summed E-state index contributed by atoms with van der Waals surface area (Å²) in [5.74, 6) is 2.08. The number of hydrogen-bond donors (Lipinski definition) is 0. The molecule has 0 aliphatic carbocycles. The molecule has 0 saturated carbocycles. The Morgan fingerprint density at radius 2 is 1.67 bits per heavy atom. The van der Waals surface area contributed by atoms with Gasteiger partial charge < -0.3 is 14.4 Å². The highest BCUT2D eigenvalue weighted by Gasteiger charge is 2.16. The van der Waals surface area contributed by atoms with Crippen molar-refractivity contribution in [2.75, 3.05) is 21.3 Å². The fourth-order valence-corrected chi connectivity index (χ4v) is 4.05. The number of hydrogen-bond acceptors (Lipinski definition) is 4. The number of ether oxygens (including phenoxy) is 2. The molecule has 0 bridgehead atoms. The van der Waals surface area contributed by atoms with Crippen LogP contribution in [0.1, 0.15) is 21.5 Å². The molecule has 1 amide bonds. The summed E-state index contributed by atoms with van der Waals surface area (Å²) in [6.07, 6.45) is 0. The molecular weight excluding hydrogens is 418 g/mol. The van der Waals surface area contributed by atoms with Gasteiger partial charge in [0.05, 0.1) is 14.2 Å². The molecule has 0 saturated heterocycles. The Bertz CT molecular complexity index is 990. The zero-order valence-corrected chi connectivity index (χ0v) is 18.8. The maximum Gasteiger partial charge on any atom is 0.253 e. The summed E-state index contributed by atoms with van der Waals surface area (Å²) in [6, 6.07) is 21.2. The lowest BCUT2D eigenvalue weighted by atomic mass is 10.1. The van der Waals surface area contributed by atoms with Crippen molar-refractivity contribution in [1.82, 2.24) is 4.90 Å². The number of amides is 1. The Kier molecular flexibility index (Phi) is 7.66. The first-order valence-electron chi connectivity index (χ1n) is 9.44. The van der Waals surface area contributed by atoms with Crippen molar-refractivity contribution >= 4 is 29.3 Å². The largest absolute Gasteiger partial charge is 0.493 e. The van der Waals surface area contributed by atoms with Crippen molar-refractivity contribution in [3.8, 4) is 11.5 Å². The second-order valence-corrected chi connectivity index (χ2v) is 8.24. The number of benzene rings is 3. The Hall–Kier alpha value is -2.63. The molecule has 0 radical (unpaired) electrons. The van der Waals surface area contributed by atoms with Gasteiger partial charge in [0, 0.05) is 40.4 Å². The summed E-state index contributed by atoms with van der Waals surface area (Å²) in [6.45, 7) is 0.424. The summed E-state index contributed by atoms with van der Waals surface area (Å²) in [4.78, 5) is 15.7. The molecule has 0 spiro atoms. The molecule has 30 heavy (non-hydrogen) atoms. The topological polar surface area (TPSA) is 38.8 Å². The van der Waals surface area contributed by atoms with Gasteiger partial charge in [-0.1, -0.05) is 35.9 Å². The fourth-order valence-electron chi connectivity index (χ4n) is 3.07. The van der Waals surface area contributed by atoms with Crippen molar-refractivity contribution in [3.05, 3.63) is 88.4 Å². The maximum absolute atomic E-state index is 12.9. The van der Waals surface area contributed by atoms with Gasteiger partial charge in [-0.25, -0.2) is 0 Å². The zero-order valence-electron chi connectivity index (χ0n) is 17.2. The third-order valence-electron chi connectivity index (χ3n) is 4.66. The summed E-state index contributed by atoms with van der Waals surface area (Å²) in [5, 5.41) is 0.734. The van der Waals surface area contributed by atoms with Crippen LogP contribution in [0.25, 0.3) is 0 Å². The number of para-hydroxylation sites is 1. The van der Waals surface area contributed by atoms with E-state index in [1.165, 1.54) is 0 Å². The van der Waals surface area contributed by atoms with Crippen LogP contribution in [0.5, 0.6) is 11.5 Å². The minimum absolute atomic E-state index is 0.0447. The molecule has 0 aromatic heterocycles. The highest BCUT2D eigenvalue weighted by atomic mass is 35.5. The maximum atomic E-state index is 12.9. The van der Waals surface area contributed by atoms with E-state index in [-0.39, 0.29) is 5.91 Å². The summed E-state index contributed by atoms with van der Waals surface area (Å²) in [7, 11) is 4.98. The second-order valence-electron chi connectivity index (χ2n) is 6.75. The van der Waals surface area contributed by atoms with Gasteiger partial charge in [0.25, 0.3) is 5.91 Å². The molecule has 3 aromatic rings. The Morgan fingerprint density at radius 1 is 0.967 bits per heavy atom. The molecule has 0 heterocycles. The van der Waals surface area contributed by atoms with Crippen LogP contribution in [0.4, 0.5) is 0 Å². The van der Waals surface area contributed by atoms with Gasteiger partial charge in [-0.2, -0.15) is 0 Å². The molecule has 0 unspecified atom stereocenters. The smallest absolute Gasteiger partial charge is 0.253 e. The molecule has 0 fully saturated rings. The monoisotopic (exact) mass is 441 g/mol. The highest BCUT2D eigenvalue weighted by Crippen LogP contribution is 2.31. The van der Waals surface area contributed by atoms with Crippen molar-refractivity contribution < 1.29 is 14.3 Å². The van der Waals surface area contributed by atoms with E-state index in [2.05, 4.69) is 0 Å². The van der Waals surface area contributed by atoms with Gasteiger partial charge in [0.1, 0.15) is 0 Å². The molecule has 3 aromatic carbocycles. The number of carbonyl (C=O) groups excluding carboxylic acids is 1. The minimum Gasteiger partial charge on any atom is -0.493 e. The van der Waals surface area contributed by atoms with Crippen LogP contribution >= 0.6 is 23.4 Å². The van der Waals surface area contributed by atoms with Crippen molar-refractivity contribution in [3.63, 3.8) is 0 Å². The van der Waals surface area contributed by atoms with E-state index in [4.69, 9.17) is 21.1 Å². The number of carbonyl (C=O) groups is 1. The number of halogens is 1. The van der Waals surface area contributed by atoms with Crippen molar-refractivity contribution in [2.45, 2.75) is 17.2 Å². The van der Waals surface area contributed by atoms with E-state index < -0.39 is 0 Å². The molecule has 0 atom stereocenters. The second kappa shape index (κ2) is 10.4. The first-order chi connectivity index (χ1) is 14.5. The van der Waals surface area contributed by atoms with Crippen LogP contribution in [-0.4, -0.2) is 32.1 Å². The fraction of sp³-hybridized carbons (Fsp3) is 0.208. The average Bonchev–Trinajstić information content (AvgIpc) is 2.78. The quantitative estimate of drug-likeness (QED) is 0.406. The minimum atomic E-state index is -0.0447. The molecule has 6 heteroatoms. The first kappa shape index (κ1) is 22.1. The number of thioether (sulfide) groups is 1. The molecule has 4 nitrogen and oxygen atoms in total. The number of methoxy groups -OCH3 is 2. The van der Waals surface area contributed by atoms with Crippen molar-refractivity contribution in [2.24, 2.45) is 0 Å². The molecular formula is C24H24ClNO3S. The van der Waals surface area contributed by atoms with Gasteiger partial charge in [-0.05, 0) is 48.0 Å². The van der Waals surface area contributed by atoms with E-state index in [1.807, 2.05) is 66.7 Å². The highest BCUT2D eigenvalue weighted by molar-refractivity contribution is 7.98. The predicted molar refractivity (Wildman–Crippen MR) is 123 cm³/mol. The average molecular weight is 442 g/mol. The van der Waals surface area contributed by atoms with Gasteiger partial charge >= 0.3 is 0 Å². The molecule has 156 valence electrons. The van der Waals surface area contributed by atoms with E-state index in [1.54, 1.807) is 37.9 Å². The van der Waals surface area contributed by atoms with Crippen LogP contribution in [-0.2, 0) is 12.3 Å². The molecule has 0 aliphatic heterocycles. The standard InChI is InChI=1S/C24H24ClNO3S/c1-26(15-19-5-4-6-22(28-2)23(19)29-3)24(27)18-9-7-17(8-10-18)16-30-21-13-11-20(25)12-14-21/h4-14H,15-16H2,1-3H3. The van der Waals surface area contributed by atoms with Crippen LogP contribution < -0.4 is 9.47 Å². The Morgan fingerprint density at radius 3 is 2.30 bits per heavy atom. The van der Waals surface area contributed by atoms with Crippen molar-refractivity contribution in [1.29, 1.82) is 0 Å². The van der Waals surface area contributed by atoms with Gasteiger partial charge in [-0.3, -0.25) is 4.79 Å². The predicted octanol–water partition coefficient (Wildman–Crippen LogP) is 5.92. The summed E-state index contributed by atoms with van der Waals surface area (Å²) in [5.41, 5.74) is 2.70. The van der Waals surface area contributed by atoms with E-state index in [0.717, 1.165) is 26.8 Å². The van der Waals surface area contributed by atoms with Gasteiger partial charge in [0.2, 0.25) is 0 Å². The lowest BCUT2D eigenvalue weighted by Crippen LogP contribution is -2.26. The molecule has 0 aliphatic rings. The third kappa shape index (κ3) is 5.49. The summed E-state index contributed by atoms with van der Waals surface area (Å²) >= 11 is 7.66. The normalized spacial score (nSPS) is 10.5. The van der Waals surface area contributed by atoms with E-state index in [9.17, 15) is 4.79 Å². The SMILES string of the molecule is COc1cccc(CN(C)C(=O)c2ccc(CSc3ccc(Cl)cc3)cc2)c1OC. The van der Waals surface area contributed by atoms with Gasteiger partial charge in [0.15, 0.2) is 11.5 Å². The number of rotatable bonds is 8. The summed E-state index contributed by atoms with van der Waals surface area (Å²) < 4.78 is 10.8. The Labute approximate surface area is 186 Å². The lowest BCUT2D eigenvalue weighted by molar-refractivity contribution is 0.0784. The lowest BCUT2D eigenvalue weighted by Gasteiger charge is -2.20. The first-order valence-corrected chi connectivity index (χ1v) is 10.8. The molecule has 0 N–H and O–H groups in total. The zero-order chi connectivity index (χ0) is 21.5. The van der Waals surface area contributed by atoms with Crippen LogP contribution in [0.2, 0.25) is 5.02 Å². The van der Waals surface area contributed by atoms with Crippen LogP contribution in [0.3, 0.4) is 0 Å².